The third-order valence-electron chi connectivity index (χ3n) is 4.24. The van der Waals surface area contributed by atoms with E-state index in [0.29, 0.717) is 6.42 Å². The van der Waals surface area contributed by atoms with Crippen molar-refractivity contribution in [1.82, 2.24) is 4.90 Å². The Hall–Kier alpha value is -1.31. The number of hydrogen-bond donors (Lipinski definition) is 1. The van der Waals surface area contributed by atoms with Crippen molar-refractivity contribution in [2.75, 3.05) is 19.6 Å². The Labute approximate surface area is 165 Å². The molecule has 1 N–H and O–H groups in total. The highest BCUT2D eigenvalue weighted by Gasteiger charge is 2.30. The summed E-state index contributed by atoms with van der Waals surface area (Å²) < 4.78 is 0.995. The van der Waals surface area contributed by atoms with E-state index < -0.39 is 5.60 Å². The Bertz CT molecular complexity index is 689. The van der Waals surface area contributed by atoms with Crippen LogP contribution >= 0.6 is 15.9 Å². The van der Waals surface area contributed by atoms with Gasteiger partial charge in [-0.15, -0.1) is 0 Å². The van der Waals surface area contributed by atoms with Crippen molar-refractivity contribution >= 4 is 15.9 Å². The van der Waals surface area contributed by atoms with Crippen LogP contribution in [0.3, 0.4) is 0 Å². The van der Waals surface area contributed by atoms with Gasteiger partial charge in [-0.2, -0.15) is 0 Å². The number of benzene rings is 2. The zero-order chi connectivity index (χ0) is 17.4. The largest absolute Gasteiger partial charge is 1.00 e. The number of halogens is 2. The van der Waals surface area contributed by atoms with E-state index >= 15 is 0 Å². The molecule has 0 heterocycles. The monoisotopic (exact) mass is 420 g/mol. The zero-order valence-corrected chi connectivity index (χ0v) is 17.0. The van der Waals surface area contributed by atoms with E-state index in [1.54, 1.807) is 0 Å². The molecule has 0 saturated carbocycles. The van der Waals surface area contributed by atoms with Gasteiger partial charge in [0.15, 0.2) is 0 Å². The van der Waals surface area contributed by atoms with E-state index in [4.69, 9.17) is 0 Å². The minimum atomic E-state index is -1.10. The van der Waals surface area contributed by atoms with Crippen molar-refractivity contribution in [3.8, 4) is 11.8 Å². The molecule has 0 aliphatic rings. The topological polar surface area (TPSA) is 23.5 Å². The average Bonchev–Trinajstić information content (AvgIpc) is 2.63. The van der Waals surface area contributed by atoms with Crippen molar-refractivity contribution < 1.29 is 17.5 Å². The first-order valence-corrected chi connectivity index (χ1v) is 9.11. The maximum atomic E-state index is 11.4. The number of rotatable bonds is 6. The molecular formula is C21H24BrClNO-. The predicted molar refractivity (Wildman–Crippen MR) is 104 cm³/mol. The molecule has 25 heavy (non-hydrogen) atoms. The molecule has 2 nitrogen and oxygen atoms in total. The Kier molecular flexibility index (Phi) is 9.24. The van der Waals surface area contributed by atoms with E-state index in [2.05, 4.69) is 46.5 Å². The normalized spacial score (nSPS) is 12.7. The van der Waals surface area contributed by atoms with Crippen molar-refractivity contribution in [2.24, 2.45) is 0 Å². The van der Waals surface area contributed by atoms with Crippen molar-refractivity contribution in [3.63, 3.8) is 0 Å². The predicted octanol–water partition coefficient (Wildman–Crippen LogP) is 1.42. The molecule has 0 aliphatic carbocycles. The lowest BCUT2D eigenvalue weighted by molar-refractivity contribution is -0.00000900. The van der Waals surface area contributed by atoms with Crippen LogP contribution < -0.4 is 12.4 Å². The van der Waals surface area contributed by atoms with Crippen LogP contribution in [0.25, 0.3) is 0 Å². The Balaban J connectivity index is 0.00000312. The van der Waals surface area contributed by atoms with Crippen LogP contribution in [0.15, 0.2) is 59.1 Å². The smallest absolute Gasteiger partial charge is 0.125 e. The molecule has 4 heteroatoms. The number of nitrogens with zero attached hydrogens (tertiary/aromatic N) is 1. The van der Waals surface area contributed by atoms with Crippen molar-refractivity contribution in [3.05, 3.63) is 70.2 Å². The van der Waals surface area contributed by atoms with Gasteiger partial charge < -0.3 is 17.5 Å². The molecule has 0 fully saturated rings. The van der Waals surface area contributed by atoms with Crippen LogP contribution in [0.1, 0.15) is 31.4 Å². The van der Waals surface area contributed by atoms with Gasteiger partial charge in [0, 0.05) is 10.9 Å². The molecule has 0 aromatic heterocycles. The minimum absolute atomic E-state index is 0. The summed E-state index contributed by atoms with van der Waals surface area (Å²) in [4.78, 5) is 2.26. The van der Waals surface area contributed by atoms with Gasteiger partial charge in [0.2, 0.25) is 0 Å². The zero-order valence-electron chi connectivity index (χ0n) is 14.7. The average molecular weight is 422 g/mol. The van der Waals surface area contributed by atoms with Gasteiger partial charge in [0.1, 0.15) is 5.60 Å². The highest BCUT2D eigenvalue weighted by Crippen LogP contribution is 2.33. The van der Waals surface area contributed by atoms with Crippen LogP contribution in [0.5, 0.6) is 0 Å². The van der Waals surface area contributed by atoms with Gasteiger partial charge in [-0.1, -0.05) is 84.1 Å². The fraction of sp³-hybridized carbons (Fsp3) is 0.333. The van der Waals surface area contributed by atoms with Crippen LogP contribution in [-0.4, -0.2) is 29.6 Å². The van der Waals surface area contributed by atoms with E-state index in [0.717, 1.165) is 35.2 Å². The first-order chi connectivity index (χ1) is 11.6. The summed E-state index contributed by atoms with van der Waals surface area (Å²) in [7, 11) is 0. The second-order valence-electron chi connectivity index (χ2n) is 5.72. The lowest BCUT2D eigenvalue weighted by Crippen LogP contribution is -3.00. The van der Waals surface area contributed by atoms with Gasteiger partial charge in [-0.05, 0) is 36.3 Å². The van der Waals surface area contributed by atoms with Crippen LogP contribution in [0.2, 0.25) is 0 Å². The lowest BCUT2D eigenvalue weighted by Gasteiger charge is -2.27. The summed E-state index contributed by atoms with van der Waals surface area (Å²) in [5.41, 5.74) is 0.622. The molecule has 0 bridgehead atoms. The Morgan fingerprint density at radius 2 is 1.48 bits per heavy atom. The number of hydrogen-bond acceptors (Lipinski definition) is 2. The summed E-state index contributed by atoms with van der Waals surface area (Å²) in [6.07, 6.45) is 0.375. The van der Waals surface area contributed by atoms with E-state index in [-0.39, 0.29) is 12.4 Å². The maximum Gasteiger partial charge on any atom is 0.125 e. The highest BCUT2D eigenvalue weighted by molar-refractivity contribution is 9.10. The van der Waals surface area contributed by atoms with Gasteiger partial charge >= 0.3 is 0 Å². The molecule has 1 atom stereocenters. The summed E-state index contributed by atoms with van der Waals surface area (Å²) in [5, 5.41) is 11.4. The van der Waals surface area contributed by atoms with Crippen LogP contribution in [0, 0.1) is 11.8 Å². The molecule has 1 unspecified atom stereocenters. The first-order valence-electron chi connectivity index (χ1n) is 8.32. The van der Waals surface area contributed by atoms with E-state index in [9.17, 15) is 5.11 Å². The summed E-state index contributed by atoms with van der Waals surface area (Å²) >= 11 is 3.45. The summed E-state index contributed by atoms with van der Waals surface area (Å²) in [6.45, 7) is 6.97. The molecule has 0 spiro atoms. The highest BCUT2D eigenvalue weighted by atomic mass is 79.9. The van der Waals surface area contributed by atoms with Crippen LogP contribution in [0.4, 0.5) is 0 Å². The lowest BCUT2D eigenvalue weighted by atomic mass is 9.84. The van der Waals surface area contributed by atoms with Gasteiger partial charge in [-0.25, -0.2) is 0 Å². The van der Waals surface area contributed by atoms with Gasteiger partial charge in [0.05, 0.1) is 6.54 Å². The van der Waals surface area contributed by atoms with Crippen molar-refractivity contribution in [1.29, 1.82) is 0 Å². The first kappa shape index (κ1) is 21.7. The molecule has 0 radical (unpaired) electrons. The second-order valence-corrected chi connectivity index (χ2v) is 6.64. The second kappa shape index (κ2) is 10.6. The molecule has 0 saturated heterocycles. The third kappa shape index (κ3) is 5.87. The molecule has 0 aliphatic heterocycles. The molecule has 134 valence electrons. The number of aliphatic hydroxyl groups is 1. The molecule has 2 aromatic rings. The molecule has 0 amide bonds. The summed E-state index contributed by atoms with van der Waals surface area (Å²) in [5.74, 6) is 6.38. The third-order valence-corrected chi connectivity index (χ3v) is 4.77. The molecule has 2 rings (SSSR count). The Morgan fingerprint density at radius 1 is 0.920 bits per heavy atom. The fourth-order valence-corrected chi connectivity index (χ4v) is 2.88. The van der Waals surface area contributed by atoms with Gasteiger partial charge in [-0.3, -0.25) is 4.90 Å². The quantitative estimate of drug-likeness (QED) is 0.713. The standard InChI is InChI=1S/C21H24BrNO.ClH/c1-3-23(4-2)17-9-8-16-21(24,18-10-6-5-7-11-18)19-12-14-20(22)15-13-19;/h5-7,10-15,24H,3-4,16-17H2,1-2H3;1H/p-1. The minimum Gasteiger partial charge on any atom is -1.00 e. The fourth-order valence-electron chi connectivity index (χ4n) is 2.62. The molecular weight excluding hydrogens is 398 g/mol. The van der Waals surface area contributed by atoms with Crippen LogP contribution in [-0.2, 0) is 5.60 Å². The Morgan fingerprint density at radius 3 is 2.04 bits per heavy atom. The SMILES string of the molecule is CCN(CC)CC#CCC(O)(c1ccccc1)c1ccc(Br)cc1.[Cl-]. The van der Waals surface area contributed by atoms with E-state index in [1.807, 2.05) is 54.6 Å². The maximum absolute atomic E-state index is 11.4. The van der Waals surface area contributed by atoms with Crippen molar-refractivity contribution in [2.45, 2.75) is 25.9 Å². The summed E-state index contributed by atoms with van der Waals surface area (Å²) in [6, 6.07) is 17.6. The van der Waals surface area contributed by atoms with E-state index in [1.165, 1.54) is 0 Å². The van der Waals surface area contributed by atoms with Gasteiger partial charge in [0.25, 0.3) is 0 Å². The molecule has 2 aromatic carbocycles.